The Morgan fingerprint density at radius 1 is 1.62 bits per heavy atom. The van der Waals surface area contributed by atoms with Crippen LogP contribution in [0.5, 0.6) is 0 Å². The van der Waals surface area contributed by atoms with Crippen LogP contribution in [0.2, 0.25) is 0 Å². The van der Waals surface area contributed by atoms with Gasteiger partial charge in [0.25, 0.3) is 0 Å². The third kappa shape index (κ3) is 1.35. The molecule has 2 unspecified atom stereocenters. The summed E-state index contributed by atoms with van der Waals surface area (Å²) >= 11 is 0. The summed E-state index contributed by atoms with van der Waals surface area (Å²) in [5, 5.41) is 3.39. The van der Waals surface area contributed by atoms with Gasteiger partial charge in [-0.2, -0.15) is 0 Å². The van der Waals surface area contributed by atoms with E-state index in [1.807, 2.05) is 11.9 Å². The van der Waals surface area contributed by atoms with Gasteiger partial charge in [0.2, 0.25) is 5.91 Å². The average Bonchev–Trinajstić information content (AvgIpc) is 2.12. The van der Waals surface area contributed by atoms with Gasteiger partial charge in [-0.3, -0.25) is 4.79 Å². The number of nitrogens with zero attached hydrogens (tertiary/aromatic N) is 1. The summed E-state index contributed by atoms with van der Waals surface area (Å²) in [6.45, 7) is 5.18. The number of amides is 1. The maximum atomic E-state index is 11.9. The molecule has 2 atom stereocenters. The number of rotatable bonds is 0. The summed E-state index contributed by atoms with van der Waals surface area (Å²) in [6.07, 6.45) is 2.16. The van der Waals surface area contributed by atoms with E-state index < -0.39 is 0 Å². The molecular weight excluding hydrogens is 164 g/mol. The van der Waals surface area contributed by atoms with Crippen LogP contribution in [0.15, 0.2) is 0 Å². The predicted octanol–water partition coefficient (Wildman–Crippen LogP) is 0.464. The molecule has 0 aromatic rings. The van der Waals surface area contributed by atoms with E-state index in [0.717, 1.165) is 32.5 Å². The standard InChI is InChI=1S/C10H18N2O/c1-10-4-6-12(2)9(13)8(10)3-5-11-7-10/h8,11H,3-7H2,1-2H3. The fourth-order valence-corrected chi connectivity index (χ4v) is 2.58. The highest BCUT2D eigenvalue weighted by Crippen LogP contribution is 2.39. The van der Waals surface area contributed by atoms with Gasteiger partial charge in [0.15, 0.2) is 0 Å². The second-order valence-corrected chi connectivity index (χ2v) is 4.68. The van der Waals surface area contributed by atoms with Crippen molar-refractivity contribution in [1.29, 1.82) is 0 Å². The summed E-state index contributed by atoms with van der Waals surface area (Å²) < 4.78 is 0. The van der Waals surface area contributed by atoms with E-state index >= 15 is 0 Å². The third-order valence-electron chi connectivity index (χ3n) is 3.67. The molecule has 74 valence electrons. The Morgan fingerprint density at radius 3 is 3.15 bits per heavy atom. The van der Waals surface area contributed by atoms with Crippen LogP contribution in [0.1, 0.15) is 19.8 Å². The Labute approximate surface area is 79.5 Å². The lowest BCUT2D eigenvalue weighted by Crippen LogP contribution is -2.56. The highest BCUT2D eigenvalue weighted by Gasteiger charge is 2.44. The minimum atomic E-state index is 0.224. The summed E-state index contributed by atoms with van der Waals surface area (Å²) in [5.41, 5.74) is 0.224. The Kier molecular flexibility index (Phi) is 2.06. The maximum Gasteiger partial charge on any atom is 0.226 e. The number of likely N-dealkylation sites (tertiary alicyclic amines) is 1. The SMILES string of the molecule is CN1CCC2(C)CNCCC2C1=O. The molecule has 0 aromatic heterocycles. The molecule has 2 aliphatic heterocycles. The first kappa shape index (κ1) is 9.00. The van der Waals surface area contributed by atoms with Crippen LogP contribution < -0.4 is 5.32 Å². The van der Waals surface area contributed by atoms with E-state index in [-0.39, 0.29) is 11.3 Å². The van der Waals surface area contributed by atoms with E-state index in [1.165, 1.54) is 0 Å². The van der Waals surface area contributed by atoms with Gasteiger partial charge < -0.3 is 10.2 Å². The van der Waals surface area contributed by atoms with E-state index in [2.05, 4.69) is 12.2 Å². The van der Waals surface area contributed by atoms with Crippen LogP contribution in [0.3, 0.4) is 0 Å². The minimum Gasteiger partial charge on any atom is -0.345 e. The minimum absolute atomic E-state index is 0.224. The van der Waals surface area contributed by atoms with Crippen LogP contribution in [0.25, 0.3) is 0 Å². The second kappa shape index (κ2) is 2.98. The molecule has 0 radical (unpaired) electrons. The molecule has 13 heavy (non-hydrogen) atoms. The van der Waals surface area contributed by atoms with Crippen molar-refractivity contribution >= 4 is 5.91 Å². The molecule has 0 bridgehead atoms. The summed E-state index contributed by atoms with van der Waals surface area (Å²) in [7, 11) is 1.92. The first-order valence-electron chi connectivity index (χ1n) is 5.09. The topological polar surface area (TPSA) is 32.3 Å². The summed E-state index contributed by atoms with van der Waals surface area (Å²) in [6, 6.07) is 0. The molecule has 2 heterocycles. The molecule has 2 aliphatic rings. The molecular formula is C10H18N2O. The highest BCUT2D eigenvalue weighted by molar-refractivity contribution is 5.80. The lowest BCUT2D eigenvalue weighted by molar-refractivity contribution is -0.145. The van der Waals surface area contributed by atoms with Crippen LogP contribution in [-0.2, 0) is 4.79 Å². The van der Waals surface area contributed by atoms with Gasteiger partial charge in [0.05, 0.1) is 0 Å². The van der Waals surface area contributed by atoms with Gasteiger partial charge in [-0.15, -0.1) is 0 Å². The van der Waals surface area contributed by atoms with Crippen molar-refractivity contribution < 1.29 is 4.79 Å². The van der Waals surface area contributed by atoms with Crippen LogP contribution >= 0.6 is 0 Å². The van der Waals surface area contributed by atoms with Crippen molar-refractivity contribution in [2.45, 2.75) is 19.8 Å². The molecule has 0 aromatic carbocycles. The molecule has 0 aliphatic carbocycles. The zero-order chi connectivity index (χ0) is 9.47. The van der Waals surface area contributed by atoms with Crippen LogP contribution in [0.4, 0.5) is 0 Å². The number of carbonyl (C=O) groups excluding carboxylic acids is 1. The van der Waals surface area contributed by atoms with Crippen LogP contribution in [-0.4, -0.2) is 37.5 Å². The number of nitrogens with one attached hydrogen (secondary N) is 1. The lowest BCUT2D eigenvalue weighted by Gasteiger charge is -2.47. The first-order valence-corrected chi connectivity index (χ1v) is 5.09. The van der Waals surface area contributed by atoms with Crippen molar-refractivity contribution in [2.24, 2.45) is 11.3 Å². The van der Waals surface area contributed by atoms with Gasteiger partial charge >= 0.3 is 0 Å². The van der Waals surface area contributed by atoms with E-state index in [4.69, 9.17) is 0 Å². The van der Waals surface area contributed by atoms with Gasteiger partial charge in [-0.25, -0.2) is 0 Å². The number of fused-ring (bicyclic) bond motifs is 1. The largest absolute Gasteiger partial charge is 0.345 e. The number of hydrogen-bond acceptors (Lipinski definition) is 2. The summed E-state index contributed by atoms with van der Waals surface area (Å²) in [4.78, 5) is 13.7. The number of hydrogen-bond donors (Lipinski definition) is 1. The lowest BCUT2D eigenvalue weighted by atomic mass is 9.68. The first-order chi connectivity index (χ1) is 6.13. The molecule has 3 nitrogen and oxygen atoms in total. The molecule has 2 rings (SSSR count). The van der Waals surface area contributed by atoms with Crippen molar-refractivity contribution in [3.05, 3.63) is 0 Å². The highest BCUT2D eigenvalue weighted by atomic mass is 16.2. The zero-order valence-corrected chi connectivity index (χ0v) is 8.47. The molecule has 1 amide bonds. The second-order valence-electron chi connectivity index (χ2n) is 4.68. The number of piperidine rings is 2. The summed E-state index contributed by atoms with van der Waals surface area (Å²) in [5.74, 6) is 0.628. The van der Waals surface area contributed by atoms with Crippen molar-refractivity contribution in [2.75, 3.05) is 26.7 Å². The van der Waals surface area contributed by atoms with Crippen LogP contribution in [0, 0.1) is 11.3 Å². The van der Waals surface area contributed by atoms with Gasteiger partial charge in [-0.05, 0) is 24.8 Å². The Morgan fingerprint density at radius 2 is 2.38 bits per heavy atom. The molecule has 2 saturated heterocycles. The molecule has 0 saturated carbocycles. The molecule has 0 spiro atoms. The molecule has 1 N–H and O–H groups in total. The Bertz CT molecular complexity index is 229. The Balaban J connectivity index is 2.20. The third-order valence-corrected chi connectivity index (χ3v) is 3.67. The van der Waals surface area contributed by atoms with Crippen molar-refractivity contribution in [3.63, 3.8) is 0 Å². The van der Waals surface area contributed by atoms with Crippen molar-refractivity contribution in [3.8, 4) is 0 Å². The average molecular weight is 182 g/mol. The Hall–Kier alpha value is -0.570. The fourth-order valence-electron chi connectivity index (χ4n) is 2.58. The quantitative estimate of drug-likeness (QED) is 0.590. The normalized spacial score (nSPS) is 40.3. The van der Waals surface area contributed by atoms with Gasteiger partial charge in [-0.1, -0.05) is 6.92 Å². The van der Waals surface area contributed by atoms with E-state index in [1.54, 1.807) is 0 Å². The predicted molar refractivity (Wildman–Crippen MR) is 51.3 cm³/mol. The zero-order valence-electron chi connectivity index (χ0n) is 8.47. The smallest absolute Gasteiger partial charge is 0.226 e. The van der Waals surface area contributed by atoms with Gasteiger partial charge in [0.1, 0.15) is 0 Å². The number of carbonyl (C=O) groups is 1. The van der Waals surface area contributed by atoms with E-state index in [0.29, 0.717) is 5.91 Å². The maximum absolute atomic E-state index is 11.9. The monoisotopic (exact) mass is 182 g/mol. The van der Waals surface area contributed by atoms with E-state index in [9.17, 15) is 4.79 Å². The fraction of sp³-hybridized carbons (Fsp3) is 0.900. The molecule has 2 fully saturated rings. The van der Waals surface area contributed by atoms with Crippen molar-refractivity contribution in [1.82, 2.24) is 10.2 Å². The molecule has 3 heteroatoms. The van der Waals surface area contributed by atoms with Gasteiger partial charge in [0, 0.05) is 26.1 Å².